The second-order valence-electron chi connectivity index (χ2n) is 6.79. The van der Waals surface area contributed by atoms with Crippen LogP contribution in [0.15, 0.2) is 107 Å². The minimum atomic E-state index is -0.269. The van der Waals surface area contributed by atoms with E-state index in [1.165, 1.54) is 0 Å². The third-order valence-electron chi connectivity index (χ3n) is 4.61. The van der Waals surface area contributed by atoms with Gasteiger partial charge in [-0.1, -0.05) is 40.2 Å². The van der Waals surface area contributed by atoms with E-state index >= 15 is 0 Å². The maximum Gasteiger partial charge on any atom is 0.273 e. The van der Waals surface area contributed by atoms with Gasteiger partial charge < -0.3 is 9.30 Å². The van der Waals surface area contributed by atoms with E-state index in [4.69, 9.17) is 4.74 Å². The number of nitrogens with one attached hydrogen (secondary N) is 1. The standard InChI is InChI=1S/C25H20BrN3O2/c26-21-11-7-20(8-12-21)18-31-22-13-9-19(10-14-22)17-27-28-25(30)23-5-1-2-6-24(23)29-15-3-4-16-29/h1-17H,18H2,(H,28,30)/b27-17-. The molecule has 0 unspecified atom stereocenters. The van der Waals surface area contributed by atoms with Gasteiger partial charge in [0.2, 0.25) is 0 Å². The number of para-hydroxylation sites is 1. The molecule has 1 heterocycles. The summed E-state index contributed by atoms with van der Waals surface area (Å²) >= 11 is 3.42. The van der Waals surface area contributed by atoms with Crippen molar-refractivity contribution < 1.29 is 9.53 Å². The minimum Gasteiger partial charge on any atom is -0.489 e. The average Bonchev–Trinajstić information content (AvgIpc) is 3.34. The predicted molar refractivity (Wildman–Crippen MR) is 126 cm³/mol. The monoisotopic (exact) mass is 473 g/mol. The van der Waals surface area contributed by atoms with Crippen LogP contribution in [0.3, 0.4) is 0 Å². The Kier molecular flexibility index (Phi) is 6.59. The summed E-state index contributed by atoms with van der Waals surface area (Å²) in [5.74, 6) is 0.500. The number of benzene rings is 3. The molecule has 4 aromatic rings. The molecule has 1 amide bonds. The number of aromatic nitrogens is 1. The van der Waals surface area contributed by atoms with E-state index in [1.807, 2.05) is 95.8 Å². The Hall–Kier alpha value is -3.64. The zero-order valence-electron chi connectivity index (χ0n) is 16.6. The fourth-order valence-corrected chi connectivity index (χ4v) is 3.27. The number of ether oxygens (including phenoxy) is 1. The van der Waals surface area contributed by atoms with Crippen LogP contribution >= 0.6 is 15.9 Å². The Morgan fingerprint density at radius 3 is 2.39 bits per heavy atom. The highest BCUT2D eigenvalue weighted by atomic mass is 79.9. The highest BCUT2D eigenvalue weighted by molar-refractivity contribution is 9.10. The first-order valence-corrected chi connectivity index (χ1v) is 10.5. The van der Waals surface area contributed by atoms with Gasteiger partial charge in [0.05, 0.1) is 17.5 Å². The molecule has 0 bridgehead atoms. The topological polar surface area (TPSA) is 55.6 Å². The molecular formula is C25H20BrN3O2. The van der Waals surface area contributed by atoms with Gasteiger partial charge in [0.25, 0.3) is 5.91 Å². The maximum absolute atomic E-state index is 12.6. The fraction of sp³-hybridized carbons (Fsp3) is 0.0400. The maximum atomic E-state index is 12.6. The van der Waals surface area contributed by atoms with Crippen LogP contribution in [0.5, 0.6) is 5.75 Å². The minimum absolute atomic E-state index is 0.269. The first-order valence-electron chi connectivity index (χ1n) is 9.72. The summed E-state index contributed by atoms with van der Waals surface area (Å²) in [4.78, 5) is 12.6. The van der Waals surface area contributed by atoms with Crippen LogP contribution in [-0.2, 0) is 6.61 Å². The molecule has 6 heteroatoms. The van der Waals surface area contributed by atoms with E-state index in [0.717, 1.165) is 27.0 Å². The zero-order chi connectivity index (χ0) is 21.5. The second kappa shape index (κ2) is 9.91. The van der Waals surface area contributed by atoms with Crippen molar-refractivity contribution in [3.8, 4) is 11.4 Å². The van der Waals surface area contributed by atoms with E-state index in [0.29, 0.717) is 12.2 Å². The summed E-state index contributed by atoms with van der Waals surface area (Å²) < 4.78 is 8.74. The van der Waals surface area contributed by atoms with Crippen molar-refractivity contribution in [1.82, 2.24) is 9.99 Å². The van der Waals surface area contributed by atoms with Crippen LogP contribution in [0.1, 0.15) is 21.5 Å². The van der Waals surface area contributed by atoms with Crippen molar-refractivity contribution in [2.45, 2.75) is 6.61 Å². The van der Waals surface area contributed by atoms with E-state index in [1.54, 1.807) is 12.3 Å². The number of hydrazone groups is 1. The Morgan fingerprint density at radius 2 is 1.65 bits per heavy atom. The summed E-state index contributed by atoms with van der Waals surface area (Å²) in [6.45, 7) is 0.498. The van der Waals surface area contributed by atoms with Gasteiger partial charge in [-0.05, 0) is 71.8 Å². The predicted octanol–water partition coefficient (Wildman–Crippen LogP) is 5.58. The molecule has 31 heavy (non-hydrogen) atoms. The molecule has 0 atom stereocenters. The number of nitrogens with zero attached hydrogens (tertiary/aromatic N) is 2. The lowest BCUT2D eigenvalue weighted by molar-refractivity contribution is 0.0955. The van der Waals surface area contributed by atoms with E-state index in [2.05, 4.69) is 26.5 Å². The van der Waals surface area contributed by atoms with Crippen molar-refractivity contribution >= 4 is 28.1 Å². The van der Waals surface area contributed by atoms with Crippen molar-refractivity contribution in [3.05, 3.63) is 118 Å². The van der Waals surface area contributed by atoms with Gasteiger partial charge in [-0.15, -0.1) is 0 Å². The highest BCUT2D eigenvalue weighted by Gasteiger charge is 2.10. The summed E-state index contributed by atoms with van der Waals surface area (Å²) in [5.41, 5.74) is 5.90. The fourth-order valence-electron chi connectivity index (χ4n) is 3.01. The molecule has 5 nitrogen and oxygen atoms in total. The number of halogens is 1. The average molecular weight is 474 g/mol. The first-order chi connectivity index (χ1) is 15.2. The third kappa shape index (κ3) is 5.49. The van der Waals surface area contributed by atoms with Crippen LogP contribution in [0.25, 0.3) is 5.69 Å². The quantitative estimate of drug-likeness (QED) is 0.281. The molecule has 0 aliphatic heterocycles. The number of amides is 1. The lowest BCUT2D eigenvalue weighted by Crippen LogP contribution is -2.19. The summed E-state index contributed by atoms with van der Waals surface area (Å²) in [6.07, 6.45) is 5.40. The SMILES string of the molecule is O=C(N/N=C\c1ccc(OCc2ccc(Br)cc2)cc1)c1ccccc1-n1cccc1. The summed E-state index contributed by atoms with van der Waals surface area (Å²) in [7, 11) is 0. The van der Waals surface area contributed by atoms with Crippen molar-refractivity contribution in [2.75, 3.05) is 0 Å². The molecule has 0 radical (unpaired) electrons. The lowest BCUT2D eigenvalue weighted by atomic mass is 10.1. The van der Waals surface area contributed by atoms with Crippen LogP contribution in [0.4, 0.5) is 0 Å². The van der Waals surface area contributed by atoms with Crippen LogP contribution in [0, 0.1) is 0 Å². The second-order valence-corrected chi connectivity index (χ2v) is 7.71. The van der Waals surface area contributed by atoms with Crippen LogP contribution < -0.4 is 10.2 Å². The Labute approximate surface area is 189 Å². The molecule has 154 valence electrons. The first kappa shape index (κ1) is 20.6. The van der Waals surface area contributed by atoms with Gasteiger partial charge >= 0.3 is 0 Å². The summed E-state index contributed by atoms with van der Waals surface area (Å²) in [6, 6.07) is 26.8. The number of carbonyl (C=O) groups is 1. The Bertz CT molecular complexity index is 1170. The van der Waals surface area contributed by atoms with Crippen molar-refractivity contribution in [2.24, 2.45) is 5.10 Å². The molecule has 0 saturated heterocycles. The Balaban J connectivity index is 1.34. The molecular weight excluding hydrogens is 454 g/mol. The van der Waals surface area contributed by atoms with Crippen LogP contribution in [-0.4, -0.2) is 16.7 Å². The van der Waals surface area contributed by atoms with Crippen LogP contribution in [0.2, 0.25) is 0 Å². The summed E-state index contributed by atoms with van der Waals surface area (Å²) in [5, 5.41) is 4.09. The smallest absolute Gasteiger partial charge is 0.273 e. The number of hydrogen-bond donors (Lipinski definition) is 1. The molecule has 0 aliphatic carbocycles. The Morgan fingerprint density at radius 1 is 0.935 bits per heavy atom. The van der Waals surface area contributed by atoms with Crippen molar-refractivity contribution in [1.29, 1.82) is 0 Å². The van der Waals surface area contributed by atoms with E-state index in [-0.39, 0.29) is 5.91 Å². The number of rotatable bonds is 7. The van der Waals surface area contributed by atoms with Gasteiger partial charge in [-0.2, -0.15) is 5.10 Å². The molecule has 0 saturated carbocycles. The largest absolute Gasteiger partial charge is 0.489 e. The zero-order valence-corrected chi connectivity index (χ0v) is 18.2. The van der Waals surface area contributed by atoms with Gasteiger partial charge in [0, 0.05) is 16.9 Å². The van der Waals surface area contributed by atoms with E-state index in [9.17, 15) is 4.79 Å². The molecule has 0 spiro atoms. The molecule has 4 rings (SSSR count). The van der Waals surface area contributed by atoms with Gasteiger partial charge in [0.1, 0.15) is 12.4 Å². The molecule has 0 fully saturated rings. The van der Waals surface area contributed by atoms with Gasteiger partial charge in [0.15, 0.2) is 0 Å². The van der Waals surface area contributed by atoms with E-state index < -0.39 is 0 Å². The third-order valence-corrected chi connectivity index (χ3v) is 5.14. The number of hydrogen-bond acceptors (Lipinski definition) is 3. The molecule has 0 aliphatic rings. The molecule has 1 N–H and O–H groups in total. The molecule has 1 aromatic heterocycles. The molecule has 3 aromatic carbocycles. The van der Waals surface area contributed by atoms with Gasteiger partial charge in [-0.25, -0.2) is 5.43 Å². The lowest BCUT2D eigenvalue weighted by Gasteiger charge is -2.09. The highest BCUT2D eigenvalue weighted by Crippen LogP contribution is 2.16. The van der Waals surface area contributed by atoms with Crippen molar-refractivity contribution in [3.63, 3.8) is 0 Å². The van der Waals surface area contributed by atoms with Gasteiger partial charge in [-0.3, -0.25) is 4.79 Å². The number of carbonyl (C=O) groups excluding carboxylic acids is 1. The normalized spacial score (nSPS) is 10.9.